The number of fused-ring (bicyclic) bond motifs is 3. The molecule has 0 saturated carbocycles. The molecule has 2 aromatic carbocycles. The van der Waals surface area contributed by atoms with Crippen LogP contribution in [0, 0.1) is 0 Å². The highest BCUT2D eigenvalue weighted by atomic mass is 16.5. The second-order valence-electron chi connectivity index (χ2n) is 8.47. The summed E-state index contributed by atoms with van der Waals surface area (Å²) in [4.78, 5) is 14.8. The molecular formula is C27H33NO4. The number of carbonyl (C=O) groups is 1. The minimum Gasteiger partial charge on any atom is -0.491 e. The van der Waals surface area contributed by atoms with Gasteiger partial charge in [0.2, 0.25) is 0 Å². The van der Waals surface area contributed by atoms with Gasteiger partial charge in [0.25, 0.3) is 0 Å². The van der Waals surface area contributed by atoms with E-state index in [1.807, 2.05) is 18.2 Å². The van der Waals surface area contributed by atoms with Gasteiger partial charge in [-0.3, -0.25) is 0 Å². The molecule has 0 aromatic heterocycles. The van der Waals surface area contributed by atoms with Gasteiger partial charge >= 0.3 is 5.97 Å². The molecule has 0 spiro atoms. The molecule has 1 unspecified atom stereocenters. The first-order chi connectivity index (χ1) is 15.7. The predicted octanol–water partition coefficient (Wildman–Crippen LogP) is 5.48. The van der Waals surface area contributed by atoms with Crippen LogP contribution in [0.2, 0.25) is 0 Å². The number of benzene rings is 2. The summed E-state index contributed by atoms with van der Waals surface area (Å²) < 4.78 is 16.4. The summed E-state index contributed by atoms with van der Waals surface area (Å²) in [5, 5.41) is 0. The number of carbonyl (C=O) groups excluding carboxylic acids is 1. The van der Waals surface area contributed by atoms with E-state index in [0.29, 0.717) is 19.3 Å². The molecule has 32 heavy (non-hydrogen) atoms. The van der Waals surface area contributed by atoms with Crippen LogP contribution in [0.25, 0.3) is 17.2 Å². The number of rotatable bonds is 9. The maximum Gasteiger partial charge on any atom is 0.333 e. The first kappa shape index (κ1) is 22.4. The fourth-order valence-electron chi connectivity index (χ4n) is 4.56. The van der Waals surface area contributed by atoms with Gasteiger partial charge in [0.15, 0.2) is 0 Å². The summed E-state index contributed by atoms with van der Waals surface area (Å²) in [6.07, 6.45) is 7.25. The Morgan fingerprint density at radius 2 is 1.88 bits per heavy atom. The maximum absolute atomic E-state index is 12.3. The molecule has 2 aliphatic heterocycles. The molecule has 1 fully saturated rings. The van der Waals surface area contributed by atoms with Crippen molar-refractivity contribution >= 4 is 17.7 Å². The number of unbranched alkanes of at least 4 members (excludes halogenated alkanes) is 1. The molecule has 4 rings (SSSR count). The Bertz CT molecular complexity index is 951. The topological polar surface area (TPSA) is 48.0 Å². The molecule has 2 aliphatic rings. The van der Waals surface area contributed by atoms with Crippen LogP contribution in [0.15, 0.2) is 48.0 Å². The van der Waals surface area contributed by atoms with Crippen molar-refractivity contribution in [2.24, 2.45) is 0 Å². The molecule has 170 valence electrons. The highest BCUT2D eigenvalue weighted by Gasteiger charge is 2.31. The third-order valence-electron chi connectivity index (χ3n) is 6.27. The van der Waals surface area contributed by atoms with Crippen molar-refractivity contribution in [2.75, 3.05) is 38.4 Å². The zero-order valence-corrected chi connectivity index (χ0v) is 19.1. The highest BCUT2D eigenvalue weighted by molar-refractivity contribution is 5.96. The van der Waals surface area contributed by atoms with Gasteiger partial charge in [-0.1, -0.05) is 31.5 Å². The minimum absolute atomic E-state index is 0.227. The molecule has 2 aromatic rings. The second kappa shape index (κ2) is 10.7. The number of hydrogen-bond donors (Lipinski definition) is 0. The first-order valence-corrected chi connectivity index (χ1v) is 11.7. The Morgan fingerprint density at radius 1 is 1.06 bits per heavy atom. The standard InChI is InChI=1S/C27H33NO4/c1-3-4-14-31-15-16-32-25-10-7-20(8-11-25)21-9-12-26-22(17-21)18-23(27(29)30-2)19-24-6-5-13-28(24)26/h7-12,17-18,24H,3-6,13-16,19H2,1-2H3. The zero-order chi connectivity index (χ0) is 22.3. The largest absolute Gasteiger partial charge is 0.491 e. The van der Waals surface area contributed by atoms with E-state index in [4.69, 9.17) is 14.2 Å². The molecular weight excluding hydrogens is 402 g/mol. The average molecular weight is 436 g/mol. The lowest BCUT2D eigenvalue weighted by Crippen LogP contribution is -2.29. The quantitative estimate of drug-likeness (QED) is 0.386. The van der Waals surface area contributed by atoms with Crippen LogP contribution in [0.3, 0.4) is 0 Å². The summed E-state index contributed by atoms with van der Waals surface area (Å²) in [5.41, 5.74) is 5.28. The fraction of sp³-hybridized carbons (Fsp3) is 0.444. The average Bonchev–Trinajstić information content (AvgIpc) is 3.22. The van der Waals surface area contributed by atoms with E-state index in [-0.39, 0.29) is 5.97 Å². The van der Waals surface area contributed by atoms with E-state index in [0.717, 1.165) is 73.3 Å². The molecule has 5 nitrogen and oxygen atoms in total. The number of ether oxygens (including phenoxy) is 3. The summed E-state index contributed by atoms with van der Waals surface area (Å²) >= 11 is 0. The van der Waals surface area contributed by atoms with Gasteiger partial charge in [-0.25, -0.2) is 4.79 Å². The summed E-state index contributed by atoms with van der Waals surface area (Å²) in [6.45, 7) is 5.15. The maximum atomic E-state index is 12.3. The van der Waals surface area contributed by atoms with Crippen molar-refractivity contribution in [3.63, 3.8) is 0 Å². The normalized spacial score (nSPS) is 17.2. The van der Waals surface area contributed by atoms with Gasteiger partial charge in [0.05, 0.1) is 13.7 Å². The molecule has 0 N–H and O–H groups in total. The van der Waals surface area contributed by atoms with Gasteiger partial charge in [-0.15, -0.1) is 0 Å². The zero-order valence-electron chi connectivity index (χ0n) is 19.1. The van der Waals surface area contributed by atoms with Crippen LogP contribution in [0.5, 0.6) is 5.75 Å². The molecule has 1 saturated heterocycles. The Morgan fingerprint density at radius 3 is 2.66 bits per heavy atom. The van der Waals surface area contributed by atoms with Crippen molar-refractivity contribution in [1.29, 1.82) is 0 Å². The third-order valence-corrected chi connectivity index (χ3v) is 6.27. The van der Waals surface area contributed by atoms with Gasteiger partial charge in [0.1, 0.15) is 12.4 Å². The minimum atomic E-state index is -0.227. The van der Waals surface area contributed by atoms with Crippen molar-refractivity contribution in [2.45, 2.75) is 45.1 Å². The number of methoxy groups -OCH3 is 1. The monoisotopic (exact) mass is 435 g/mol. The van der Waals surface area contributed by atoms with Crippen molar-refractivity contribution < 1.29 is 19.0 Å². The lowest BCUT2D eigenvalue weighted by Gasteiger charge is -2.26. The number of anilines is 1. The SMILES string of the molecule is CCCCOCCOc1ccc(-c2ccc3c(c2)C=C(C(=O)OC)CC2CCCN32)cc1. The molecule has 5 heteroatoms. The van der Waals surface area contributed by atoms with Crippen LogP contribution >= 0.6 is 0 Å². The van der Waals surface area contributed by atoms with E-state index in [1.165, 1.54) is 12.8 Å². The smallest absolute Gasteiger partial charge is 0.333 e. The van der Waals surface area contributed by atoms with Crippen molar-refractivity contribution in [3.8, 4) is 16.9 Å². The van der Waals surface area contributed by atoms with E-state index in [1.54, 1.807) is 0 Å². The summed E-state index contributed by atoms with van der Waals surface area (Å²) in [6, 6.07) is 15.1. The lowest BCUT2D eigenvalue weighted by atomic mass is 10.00. The molecule has 0 bridgehead atoms. The predicted molar refractivity (Wildman–Crippen MR) is 128 cm³/mol. The van der Waals surface area contributed by atoms with E-state index in [9.17, 15) is 4.79 Å². The highest BCUT2D eigenvalue weighted by Crippen LogP contribution is 2.38. The van der Waals surface area contributed by atoms with Crippen molar-refractivity contribution in [1.82, 2.24) is 0 Å². The Kier molecular flexibility index (Phi) is 7.48. The summed E-state index contributed by atoms with van der Waals surface area (Å²) in [5.74, 6) is 0.616. The van der Waals surface area contributed by atoms with Gasteiger partial charge in [0, 0.05) is 30.5 Å². The van der Waals surface area contributed by atoms with Crippen LogP contribution in [0.4, 0.5) is 5.69 Å². The third kappa shape index (κ3) is 5.16. The van der Waals surface area contributed by atoms with Gasteiger partial charge in [-0.05, 0) is 72.7 Å². The van der Waals surface area contributed by atoms with Gasteiger partial charge < -0.3 is 19.1 Å². The Balaban J connectivity index is 1.49. The molecule has 0 aliphatic carbocycles. The lowest BCUT2D eigenvalue weighted by molar-refractivity contribution is -0.136. The number of hydrogen-bond acceptors (Lipinski definition) is 5. The van der Waals surface area contributed by atoms with Crippen molar-refractivity contribution in [3.05, 3.63) is 53.6 Å². The first-order valence-electron chi connectivity index (χ1n) is 11.7. The van der Waals surface area contributed by atoms with E-state index >= 15 is 0 Å². The van der Waals surface area contributed by atoms with Crippen LogP contribution in [0.1, 0.15) is 44.6 Å². The molecule has 0 radical (unpaired) electrons. The second-order valence-corrected chi connectivity index (χ2v) is 8.47. The van der Waals surface area contributed by atoms with Crippen LogP contribution < -0.4 is 9.64 Å². The molecule has 2 heterocycles. The van der Waals surface area contributed by atoms with Crippen LogP contribution in [-0.4, -0.2) is 45.5 Å². The summed E-state index contributed by atoms with van der Waals surface area (Å²) in [7, 11) is 1.46. The van der Waals surface area contributed by atoms with Crippen LogP contribution in [-0.2, 0) is 14.3 Å². The Labute approximate surface area is 191 Å². The molecule has 1 atom stereocenters. The number of esters is 1. The van der Waals surface area contributed by atoms with E-state index < -0.39 is 0 Å². The Hall–Kier alpha value is -2.79. The number of nitrogens with zero attached hydrogens (tertiary/aromatic N) is 1. The van der Waals surface area contributed by atoms with E-state index in [2.05, 4.69) is 42.2 Å². The molecule has 0 amide bonds. The van der Waals surface area contributed by atoms with Gasteiger partial charge in [-0.2, -0.15) is 0 Å². The fourth-order valence-corrected chi connectivity index (χ4v) is 4.56.